The number of benzene rings is 3. The molecule has 0 radical (unpaired) electrons. The molecule has 7 nitrogen and oxygen atoms in total. The summed E-state index contributed by atoms with van der Waals surface area (Å²) in [5.74, 6) is -2.35. The van der Waals surface area contributed by atoms with Crippen LogP contribution in [0.15, 0.2) is 72.8 Å². The number of halogens is 3. The van der Waals surface area contributed by atoms with Crippen molar-refractivity contribution in [3.05, 3.63) is 101 Å². The Morgan fingerprint density at radius 1 is 0.951 bits per heavy atom. The standard InChI is InChI=1S/C30H25F3N4O3S/c31-20-6-9-22(10-7-20)37-30-27(28(34-37)19-4-2-1-3-5-19)29(23-11-8-21(32)16-24(23)33)41-18-26(39)36(30)17-25(38)35-12-14-40-15-13-35/h1-11,16,29H,12-15,17-18H2. The number of anilines is 1. The van der Waals surface area contributed by atoms with E-state index < -0.39 is 22.7 Å². The van der Waals surface area contributed by atoms with Gasteiger partial charge in [0.05, 0.1) is 35.6 Å². The molecule has 0 bridgehead atoms. The van der Waals surface area contributed by atoms with Crippen LogP contribution >= 0.6 is 11.8 Å². The van der Waals surface area contributed by atoms with Gasteiger partial charge in [-0.05, 0) is 30.3 Å². The van der Waals surface area contributed by atoms with E-state index in [0.29, 0.717) is 48.8 Å². The molecule has 4 aromatic rings. The largest absolute Gasteiger partial charge is 0.378 e. The second kappa shape index (κ2) is 11.4. The average molecular weight is 579 g/mol. The number of fused-ring (bicyclic) bond motifs is 1. The first kappa shape index (κ1) is 27.1. The third kappa shape index (κ3) is 5.34. The van der Waals surface area contributed by atoms with Crippen molar-refractivity contribution in [3.63, 3.8) is 0 Å². The van der Waals surface area contributed by atoms with Crippen LogP contribution in [0.2, 0.25) is 0 Å². The van der Waals surface area contributed by atoms with Gasteiger partial charge in [-0.2, -0.15) is 5.10 Å². The number of amides is 2. The number of thioether (sulfide) groups is 1. The lowest BCUT2D eigenvalue weighted by Gasteiger charge is -2.30. The first-order valence-corrected chi connectivity index (χ1v) is 14.1. The first-order valence-electron chi connectivity index (χ1n) is 13.1. The van der Waals surface area contributed by atoms with Gasteiger partial charge in [-0.25, -0.2) is 17.9 Å². The van der Waals surface area contributed by atoms with Crippen molar-refractivity contribution in [2.45, 2.75) is 5.25 Å². The van der Waals surface area contributed by atoms with Crippen LogP contribution in [-0.2, 0) is 14.3 Å². The molecule has 0 saturated carbocycles. The summed E-state index contributed by atoms with van der Waals surface area (Å²) in [5, 5.41) is 4.12. The fraction of sp³-hybridized carbons (Fsp3) is 0.233. The van der Waals surface area contributed by atoms with Gasteiger partial charge in [-0.1, -0.05) is 36.4 Å². The highest BCUT2D eigenvalue weighted by molar-refractivity contribution is 8.00. The molecule has 41 heavy (non-hydrogen) atoms. The maximum absolute atomic E-state index is 15.3. The number of rotatable bonds is 5. The van der Waals surface area contributed by atoms with Gasteiger partial charge in [0.25, 0.3) is 0 Å². The molecule has 1 saturated heterocycles. The van der Waals surface area contributed by atoms with E-state index in [1.165, 1.54) is 57.7 Å². The minimum absolute atomic E-state index is 0.0653. The van der Waals surface area contributed by atoms with Crippen LogP contribution < -0.4 is 4.90 Å². The topological polar surface area (TPSA) is 67.7 Å². The van der Waals surface area contributed by atoms with E-state index in [-0.39, 0.29) is 35.5 Å². The van der Waals surface area contributed by atoms with Gasteiger partial charge >= 0.3 is 0 Å². The summed E-state index contributed by atoms with van der Waals surface area (Å²) in [5.41, 5.74) is 2.29. The highest BCUT2D eigenvalue weighted by atomic mass is 32.2. The minimum Gasteiger partial charge on any atom is -0.378 e. The Hall–Kier alpha value is -4.09. The van der Waals surface area contributed by atoms with Crippen LogP contribution in [-0.4, -0.2) is 65.1 Å². The maximum atomic E-state index is 15.3. The number of ether oxygens (including phenoxy) is 1. The number of aromatic nitrogens is 2. The molecule has 3 aromatic carbocycles. The van der Waals surface area contributed by atoms with E-state index in [0.717, 1.165) is 6.07 Å². The molecule has 3 heterocycles. The summed E-state index contributed by atoms with van der Waals surface area (Å²) in [4.78, 5) is 30.2. The monoisotopic (exact) mass is 578 g/mol. The molecule has 0 N–H and O–H groups in total. The Morgan fingerprint density at radius 2 is 1.66 bits per heavy atom. The molecule has 2 aliphatic rings. The lowest BCUT2D eigenvalue weighted by Crippen LogP contribution is -2.48. The van der Waals surface area contributed by atoms with Crippen molar-refractivity contribution >= 4 is 29.4 Å². The van der Waals surface area contributed by atoms with Crippen LogP contribution in [0.1, 0.15) is 16.4 Å². The van der Waals surface area contributed by atoms with Gasteiger partial charge in [0, 0.05) is 35.8 Å². The number of carbonyl (C=O) groups excluding carboxylic acids is 2. The minimum atomic E-state index is -0.762. The molecule has 1 atom stereocenters. The Labute approximate surface area is 238 Å². The van der Waals surface area contributed by atoms with E-state index in [1.54, 1.807) is 4.90 Å². The summed E-state index contributed by atoms with van der Waals surface area (Å²) in [7, 11) is 0. The Kier molecular flexibility index (Phi) is 7.55. The van der Waals surface area contributed by atoms with E-state index >= 15 is 4.39 Å². The average Bonchev–Trinajstić information content (AvgIpc) is 3.31. The molecule has 2 amide bonds. The summed E-state index contributed by atoms with van der Waals surface area (Å²) in [6.07, 6.45) is 0. The van der Waals surface area contributed by atoms with E-state index in [2.05, 4.69) is 0 Å². The highest BCUT2D eigenvalue weighted by Crippen LogP contribution is 2.49. The lowest BCUT2D eigenvalue weighted by atomic mass is 9.99. The molecule has 2 aliphatic heterocycles. The summed E-state index contributed by atoms with van der Waals surface area (Å²) >= 11 is 1.18. The van der Waals surface area contributed by atoms with Gasteiger partial charge in [-0.3, -0.25) is 14.5 Å². The van der Waals surface area contributed by atoms with Gasteiger partial charge in [-0.15, -0.1) is 11.8 Å². The second-order valence-electron chi connectivity index (χ2n) is 9.67. The summed E-state index contributed by atoms with van der Waals surface area (Å²) < 4.78 is 50.1. The molecular weight excluding hydrogens is 553 g/mol. The highest BCUT2D eigenvalue weighted by Gasteiger charge is 2.39. The van der Waals surface area contributed by atoms with Crippen LogP contribution in [0, 0.1) is 17.5 Å². The number of hydrogen-bond donors (Lipinski definition) is 0. The van der Waals surface area contributed by atoms with Crippen molar-refractivity contribution < 1.29 is 27.5 Å². The van der Waals surface area contributed by atoms with Crippen molar-refractivity contribution in [2.75, 3.05) is 43.5 Å². The maximum Gasteiger partial charge on any atom is 0.242 e. The lowest BCUT2D eigenvalue weighted by molar-refractivity contribution is -0.134. The molecule has 11 heteroatoms. The zero-order valence-corrected chi connectivity index (χ0v) is 22.6. The number of hydrogen-bond acceptors (Lipinski definition) is 5. The normalized spacial score (nSPS) is 17.3. The van der Waals surface area contributed by atoms with Gasteiger partial charge in [0.1, 0.15) is 29.8 Å². The Balaban J connectivity index is 1.59. The predicted molar refractivity (Wildman–Crippen MR) is 149 cm³/mol. The number of carbonyl (C=O) groups is 2. The van der Waals surface area contributed by atoms with Gasteiger partial charge < -0.3 is 9.64 Å². The van der Waals surface area contributed by atoms with E-state index in [4.69, 9.17) is 9.84 Å². The molecule has 1 fully saturated rings. The summed E-state index contributed by atoms with van der Waals surface area (Å²) in [6, 6.07) is 18.2. The molecule has 0 spiro atoms. The van der Waals surface area contributed by atoms with Crippen molar-refractivity contribution in [3.8, 4) is 16.9 Å². The molecule has 1 aromatic heterocycles. The molecule has 0 aliphatic carbocycles. The fourth-order valence-corrected chi connectivity index (χ4v) is 6.32. The van der Waals surface area contributed by atoms with Crippen LogP contribution in [0.5, 0.6) is 0 Å². The molecule has 6 rings (SSSR count). The van der Waals surface area contributed by atoms with Crippen molar-refractivity contribution in [1.29, 1.82) is 0 Å². The fourth-order valence-electron chi connectivity index (χ4n) is 5.10. The Morgan fingerprint density at radius 3 is 2.37 bits per heavy atom. The van der Waals surface area contributed by atoms with Crippen LogP contribution in [0.25, 0.3) is 16.9 Å². The zero-order valence-electron chi connectivity index (χ0n) is 21.8. The Bertz CT molecular complexity index is 1590. The second-order valence-corrected chi connectivity index (χ2v) is 10.8. The van der Waals surface area contributed by atoms with Gasteiger partial charge in [0.15, 0.2) is 0 Å². The SMILES string of the molecule is O=C(CN1C(=O)CSC(c2ccc(F)cc2F)c2c(-c3ccccc3)nn(-c3ccc(F)cc3)c21)N1CCOCC1. The first-order chi connectivity index (χ1) is 19.9. The van der Waals surface area contributed by atoms with Gasteiger partial charge in [0.2, 0.25) is 11.8 Å². The van der Waals surface area contributed by atoms with E-state index in [1.807, 2.05) is 30.3 Å². The third-order valence-corrected chi connectivity index (χ3v) is 8.35. The molecule has 210 valence electrons. The molecule has 1 unspecified atom stereocenters. The number of morpholine rings is 1. The van der Waals surface area contributed by atoms with E-state index in [9.17, 15) is 18.4 Å². The van der Waals surface area contributed by atoms with Crippen LogP contribution in [0.4, 0.5) is 19.0 Å². The predicted octanol–water partition coefficient (Wildman–Crippen LogP) is 4.98. The quantitative estimate of drug-likeness (QED) is 0.334. The molecular formula is C30H25F3N4O3S. The van der Waals surface area contributed by atoms with Crippen molar-refractivity contribution in [2.24, 2.45) is 0 Å². The van der Waals surface area contributed by atoms with Crippen molar-refractivity contribution in [1.82, 2.24) is 14.7 Å². The zero-order chi connectivity index (χ0) is 28.5. The summed E-state index contributed by atoms with van der Waals surface area (Å²) in [6.45, 7) is 1.33. The number of nitrogens with zero attached hydrogens (tertiary/aromatic N) is 4. The smallest absolute Gasteiger partial charge is 0.242 e. The van der Waals surface area contributed by atoms with Crippen LogP contribution in [0.3, 0.4) is 0 Å². The third-order valence-electron chi connectivity index (χ3n) is 7.11.